The van der Waals surface area contributed by atoms with Crippen molar-refractivity contribution in [3.05, 3.63) is 0 Å². The lowest BCUT2D eigenvalue weighted by atomic mass is 9.63. The summed E-state index contributed by atoms with van der Waals surface area (Å²) in [5.41, 5.74) is 0. The molecule has 0 saturated heterocycles. The molecule has 0 spiro atoms. The average Bonchev–Trinajstić information content (AvgIpc) is 2.82. The molecule has 4 rings (SSSR count). The van der Waals surface area contributed by atoms with Crippen LogP contribution in [0.4, 0.5) is 13.2 Å². The van der Waals surface area contributed by atoms with Crippen LogP contribution in [0.15, 0.2) is 0 Å². The molecule has 0 bridgehead atoms. The molecule has 33 heavy (non-hydrogen) atoms. The zero-order chi connectivity index (χ0) is 23.4. The molecule has 0 aromatic heterocycles. The molecule has 6 unspecified atom stereocenters. The summed E-state index contributed by atoms with van der Waals surface area (Å²) < 4.78 is 45.6. The van der Waals surface area contributed by atoms with Crippen LogP contribution < -0.4 is 0 Å². The molecule has 0 N–H and O–H groups in total. The monoisotopic (exact) mass is 580 g/mol. The van der Waals surface area contributed by atoms with Gasteiger partial charge >= 0.3 is 0 Å². The molecule has 4 aliphatic rings. The molecule has 4 aliphatic carbocycles. The largest absolute Gasteiger partial charge is 0.247 e. The van der Waals surface area contributed by atoms with Crippen molar-refractivity contribution in [3.8, 4) is 0 Å². The average molecular weight is 581 g/mol. The lowest BCUT2D eigenvalue weighted by Gasteiger charge is -2.45. The van der Waals surface area contributed by atoms with Gasteiger partial charge in [-0.15, -0.1) is 0 Å². The molecular weight excluding hydrogens is 532 g/mol. The first-order chi connectivity index (χ1) is 16.0. The topological polar surface area (TPSA) is 0 Å². The van der Waals surface area contributed by atoms with Crippen LogP contribution in [0.1, 0.15) is 116 Å². The van der Waals surface area contributed by atoms with E-state index in [9.17, 15) is 4.39 Å². The van der Waals surface area contributed by atoms with E-state index in [0.717, 1.165) is 83.0 Å². The van der Waals surface area contributed by atoms with E-state index in [0.29, 0.717) is 21.7 Å². The molecule has 192 valence electrons. The van der Waals surface area contributed by atoms with Crippen molar-refractivity contribution in [2.45, 2.75) is 139 Å². The Balaban J connectivity index is 1.19. The van der Waals surface area contributed by atoms with Gasteiger partial charge in [-0.2, -0.15) is 0 Å². The van der Waals surface area contributed by atoms with E-state index in [2.05, 4.69) is 29.5 Å². The maximum Gasteiger partial charge on any atom is 0.134 e. The molecule has 7 atom stereocenters. The third-order valence-corrected chi connectivity index (χ3v) is 11.6. The van der Waals surface area contributed by atoms with Crippen LogP contribution >= 0.6 is 22.6 Å². The molecule has 0 aromatic carbocycles. The Labute approximate surface area is 215 Å². The van der Waals surface area contributed by atoms with Gasteiger partial charge in [0.15, 0.2) is 0 Å². The lowest BCUT2D eigenvalue weighted by Crippen LogP contribution is -2.45. The standard InChI is InChI=1S/C29H48F3I/c1-2-3-19-4-9-21(10-5-19)25-16-17-26(29(32)28(25)31)22-11-6-20(7-12-22)8-13-23-14-15-24(33)18-27(23)30/h19-29H,2-18H2,1H3/t19?,20?,21?,22?,23?,24?,25?,26?,27?,28?,29-/m0/s1. The highest BCUT2D eigenvalue weighted by molar-refractivity contribution is 14.1. The third-order valence-electron chi connectivity index (χ3n) is 10.4. The summed E-state index contributed by atoms with van der Waals surface area (Å²) >= 11 is 2.40. The van der Waals surface area contributed by atoms with Crippen molar-refractivity contribution in [2.75, 3.05) is 0 Å². The first kappa shape index (κ1) is 26.6. The predicted molar refractivity (Wildman–Crippen MR) is 141 cm³/mol. The first-order valence-electron chi connectivity index (χ1n) is 14.5. The molecule has 0 nitrogen and oxygen atoms in total. The fourth-order valence-electron chi connectivity index (χ4n) is 8.29. The quantitative estimate of drug-likeness (QED) is 0.208. The third kappa shape index (κ3) is 6.85. The normalized spacial score (nSPS) is 47.4. The van der Waals surface area contributed by atoms with Crippen LogP contribution in [0.2, 0.25) is 0 Å². The maximum atomic E-state index is 15.4. The second kappa shape index (κ2) is 12.7. The summed E-state index contributed by atoms with van der Waals surface area (Å²) in [5, 5.41) is 0. The minimum atomic E-state index is -1.24. The van der Waals surface area contributed by atoms with Gasteiger partial charge in [0, 0.05) is 3.92 Å². The van der Waals surface area contributed by atoms with Crippen molar-refractivity contribution in [2.24, 2.45) is 41.4 Å². The molecular formula is C29H48F3I. The molecule has 0 heterocycles. The van der Waals surface area contributed by atoms with Crippen LogP contribution in [0.25, 0.3) is 0 Å². The van der Waals surface area contributed by atoms with E-state index < -0.39 is 18.5 Å². The van der Waals surface area contributed by atoms with Crippen LogP contribution in [0.5, 0.6) is 0 Å². The zero-order valence-corrected chi connectivity index (χ0v) is 23.0. The SMILES string of the molecule is CCCC1CCC(C2CCC(C3CCC(CCC4CCC(I)CC4F)CC3)[C@H](F)C2F)CC1. The minimum absolute atomic E-state index is 0.0264. The highest BCUT2D eigenvalue weighted by Gasteiger charge is 2.46. The lowest BCUT2D eigenvalue weighted by molar-refractivity contribution is -0.0372. The van der Waals surface area contributed by atoms with Gasteiger partial charge in [-0.3, -0.25) is 0 Å². The molecule has 4 fully saturated rings. The Bertz CT molecular complexity index is 569. The zero-order valence-electron chi connectivity index (χ0n) is 20.9. The summed E-state index contributed by atoms with van der Waals surface area (Å²) in [4.78, 5) is 0. The fourth-order valence-corrected chi connectivity index (χ4v) is 9.14. The van der Waals surface area contributed by atoms with Gasteiger partial charge in [-0.05, 0) is 106 Å². The smallest absolute Gasteiger partial charge is 0.134 e. The summed E-state index contributed by atoms with van der Waals surface area (Å²) in [6.07, 6.45) is 15.5. The highest BCUT2D eigenvalue weighted by Crippen LogP contribution is 2.49. The molecule has 0 aliphatic heterocycles. The molecule has 4 saturated carbocycles. The number of hydrogen-bond acceptors (Lipinski definition) is 0. The Kier molecular flexibility index (Phi) is 10.2. The van der Waals surface area contributed by atoms with Gasteiger partial charge in [-0.25, -0.2) is 13.2 Å². The maximum absolute atomic E-state index is 15.4. The van der Waals surface area contributed by atoms with Gasteiger partial charge < -0.3 is 0 Å². The van der Waals surface area contributed by atoms with Crippen molar-refractivity contribution >= 4 is 22.6 Å². The Morgan fingerprint density at radius 2 is 1.12 bits per heavy atom. The minimum Gasteiger partial charge on any atom is -0.247 e. The van der Waals surface area contributed by atoms with Crippen LogP contribution in [-0.2, 0) is 0 Å². The predicted octanol–water partition coefficient (Wildman–Crippen LogP) is 9.82. The second-order valence-electron chi connectivity index (χ2n) is 12.4. The Morgan fingerprint density at radius 3 is 1.61 bits per heavy atom. The van der Waals surface area contributed by atoms with E-state index in [1.165, 1.54) is 32.1 Å². The van der Waals surface area contributed by atoms with Crippen molar-refractivity contribution in [1.82, 2.24) is 0 Å². The summed E-state index contributed by atoms with van der Waals surface area (Å²) in [6.45, 7) is 2.25. The highest BCUT2D eigenvalue weighted by atomic mass is 127. The van der Waals surface area contributed by atoms with E-state index in [1.807, 2.05) is 0 Å². The van der Waals surface area contributed by atoms with Gasteiger partial charge in [0.2, 0.25) is 0 Å². The first-order valence-corrected chi connectivity index (χ1v) is 15.8. The fraction of sp³-hybridized carbons (Fsp3) is 1.00. The van der Waals surface area contributed by atoms with Gasteiger partial charge in [0.05, 0.1) is 0 Å². The summed E-state index contributed by atoms with van der Waals surface area (Å²) in [5.74, 6) is 2.49. The van der Waals surface area contributed by atoms with E-state index in [-0.39, 0.29) is 17.8 Å². The Hall–Kier alpha value is 0.520. The molecule has 0 aromatic rings. The van der Waals surface area contributed by atoms with Crippen LogP contribution in [0, 0.1) is 41.4 Å². The van der Waals surface area contributed by atoms with Gasteiger partial charge in [-0.1, -0.05) is 74.5 Å². The van der Waals surface area contributed by atoms with Gasteiger partial charge in [0.1, 0.15) is 18.5 Å². The summed E-state index contributed by atoms with van der Waals surface area (Å²) in [7, 11) is 0. The van der Waals surface area contributed by atoms with Crippen molar-refractivity contribution in [1.29, 1.82) is 0 Å². The van der Waals surface area contributed by atoms with Crippen molar-refractivity contribution in [3.63, 3.8) is 0 Å². The molecule has 0 amide bonds. The van der Waals surface area contributed by atoms with Gasteiger partial charge in [0.25, 0.3) is 0 Å². The molecule has 4 heteroatoms. The van der Waals surface area contributed by atoms with Crippen LogP contribution in [0.3, 0.4) is 0 Å². The van der Waals surface area contributed by atoms with E-state index >= 15 is 8.78 Å². The van der Waals surface area contributed by atoms with E-state index in [1.54, 1.807) is 0 Å². The Morgan fingerprint density at radius 1 is 0.606 bits per heavy atom. The number of halogens is 4. The summed E-state index contributed by atoms with van der Waals surface area (Å²) in [6, 6.07) is 0. The van der Waals surface area contributed by atoms with Crippen molar-refractivity contribution < 1.29 is 13.2 Å². The van der Waals surface area contributed by atoms with E-state index in [4.69, 9.17) is 0 Å². The number of hydrogen-bond donors (Lipinski definition) is 0. The number of rotatable bonds is 7. The second-order valence-corrected chi connectivity index (χ2v) is 14.2. The van der Waals surface area contributed by atoms with Crippen LogP contribution in [-0.4, -0.2) is 22.4 Å². The molecule has 0 radical (unpaired) electrons. The number of alkyl halides is 4.